The van der Waals surface area contributed by atoms with E-state index in [-0.39, 0.29) is 22.7 Å². The van der Waals surface area contributed by atoms with E-state index >= 15 is 0 Å². The predicted molar refractivity (Wildman–Crippen MR) is 82.9 cm³/mol. The standard InChI is InChI=1S/C16H18F3N3O2/c1-20-8-10-5-6-22(9-10)15(23)13-7-11-12(21-13)3-2-4-14(11)24-16(17,18)19/h2-4,7,10,20-21H,5-6,8-9H2,1H3. The molecule has 0 radical (unpaired) electrons. The van der Waals surface area contributed by atoms with Crippen LogP contribution in [0.5, 0.6) is 5.75 Å². The quantitative estimate of drug-likeness (QED) is 0.899. The van der Waals surface area contributed by atoms with Crippen molar-refractivity contribution in [2.24, 2.45) is 5.92 Å². The number of aromatic nitrogens is 1. The minimum absolute atomic E-state index is 0.206. The highest BCUT2D eigenvalue weighted by atomic mass is 19.4. The molecule has 1 atom stereocenters. The molecule has 1 amide bonds. The topological polar surface area (TPSA) is 57.4 Å². The van der Waals surface area contributed by atoms with E-state index < -0.39 is 6.36 Å². The number of hydrogen-bond donors (Lipinski definition) is 2. The van der Waals surface area contributed by atoms with Gasteiger partial charge in [0.15, 0.2) is 0 Å². The Morgan fingerprint density at radius 1 is 1.46 bits per heavy atom. The fourth-order valence-electron chi connectivity index (χ4n) is 3.10. The van der Waals surface area contributed by atoms with Gasteiger partial charge in [-0.1, -0.05) is 6.07 Å². The predicted octanol–water partition coefficient (Wildman–Crippen LogP) is 2.75. The molecular weight excluding hydrogens is 323 g/mol. The molecule has 2 N–H and O–H groups in total. The van der Waals surface area contributed by atoms with Gasteiger partial charge < -0.3 is 19.9 Å². The fraction of sp³-hybridized carbons (Fsp3) is 0.438. The number of fused-ring (bicyclic) bond motifs is 1. The minimum atomic E-state index is -4.77. The number of aromatic amines is 1. The molecule has 0 bridgehead atoms. The number of rotatable bonds is 4. The Morgan fingerprint density at radius 3 is 2.96 bits per heavy atom. The molecule has 1 aromatic carbocycles. The molecule has 0 spiro atoms. The molecule has 1 fully saturated rings. The summed E-state index contributed by atoms with van der Waals surface area (Å²) in [5, 5.41) is 3.33. The number of nitrogens with zero attached hydrogens (tertiary/aromatic N) is 1. The van der Waals surface area contributed by atoms with Gasteiger partial charge in [-0.25, -0.2) is 0 Å². The number of carbonyl (C=O) groups is 1. The summed E-state index contributed by atoms with van der Waals surface area (Å²) in [6, 6.07) is 5.72. The van der Waals surface area contributed by atoms with Crippen molar-refractivity contribution in [2.45, 2.75) is 12.8 Å². The first-order chi connectivity index (χ1) is 11.4. The van der Waals surface area contributed by atoms with E-state index in [1.165, 1.54) is 18.2 Å². The summed E-state index contributed by atoms with van der Waals surface area (Å²) < 4.78 is 41.5. The molecule has 8 heteroatoms. The molecule has 24 heavy (non-hydrogen) atoms. The third kappa shape index (κ3) is 3.48. The molecule has 2 aromatic rings. The van der Waals surface area contributed by atoms with Gasteiger partial charge in [0.1, 0.15) is 11.4 Å². The summed E-state index contributed by atoms with van der Waals surface area (Å²) in [6.45, 7) is 2.12. The first-order valence-corrected chi connectivity index (χ1v) is 7.69. The van der Waals surface area contributed by atoms with Crippen LogP contribution >= 0.6 is 0 Å². The third-order valence-electron chi connectivity index (χ3n) is 4.15. The van der Waals surface area contributed by atoms with Crippen LogP contribution in [0.3, 0.4) is 0 Å². The molecule has 1 aliphatic rings. The minimum Gasteiger partial charge on any atom is -0.405 e. The lowest BCUT2D eigenvalue weighted by Crippen LogP contribution is -2.30. The van der Waals surface area contributed by atoms with Gasteiger partial charge in [0.2, 0.25) is 0 Å². The summed E-state index contributed by atoms with van der Waals surface area (Å²) in [5.41, 5.74) is 0.708. The van der Waals surface area contributed by atoms with E-state index in [1.807, 2.05) is 7.05 Å². The zero-order chi connectivity index (χ0) is 17.3. The van der Waals surface area contributed by atoms with Gasteiger partial charge in [0.25, 0.3) is 5.91 Å². The van der Waals surface area contributed by atoms with Gasteiger partial charge in [0.05, 0.1) is 0 Å². The second-order valence-electron chi connectivity index (χ2n) is 5.91. The average Bonchev–Trinajstić information content (AvgIpc) is 3.12. The van der Waals surface area contributed by atoms with E-state index in [0.29, 0.717) is 24.5 Å². The Bertz CT molecular complexity index is 742. The average molecular weight is 341 g/mol. The van der Waals surface area contributed by atoms with E-state index in [4.69, 9.17) is 0 Å². The van der Waals surface area contributed by atoms with Crippen LogP contribution in [-0.2, 0) is 0 Å². The van der Waals surface area contributed by atoms with Gasteiger partial charge in [-0.05, 0) is 44.1 Å². The number of likely N-dealkylation sites (tertiary alicyclic amines) is 1. The molecular formula is C16H18F3N3O2. The number of benzene rings is 1. The maximum Gasteiger partial charge on any atom is 0.573 e. The number of alkyl halides is 3. The van der Waals surface area contributed by atoms with Gasteiger partial charge in [0, 0.05) is 24.0 Å². The molecule has 0 aliphatic carbocycles. The number of H-pyrrole nitrogens is 1. The van der Waals surface area contributed by atoms with Crippen molar-refractivity contribution >= 4 is 16.8 Å². The molecule has 1 aliphatic heterocycles. The molecule has 1 aromatic heterocycles. The van der Waals surface area contributed by atoms with Crippen molar-refractivity contribution in [3.05, 3.63) is 30.0 Å². The zero-order valence-electron chi connectivity index (χ0n) is 13.1. The van der Waals surface area contributed by atoms with E-state index in [2.05, 4.69) is 15.0 Å². The van der Waals surface area contributed by atoms with Crippen molar-refractivity contribution in [1.29, 1.82) is 0 Å². The van der Waals surface area contributed by atoms with Crippen LogP contribution < -0.4 is 10.1 Å². The smallest absolute Gasteiger partial charge is 0.405 e. The number of ether oxygens (including phenoxy) is 1. The largest absolute Gasteiger partial charge is 0.573 e. The Hall–Kier alpha value is -2.22. The van der Waals surface area contributed by atoms with Gasteiger partial charge >= 0.3 is 6.36 Å². The summed E-state index contributed by atoms with van der Waals surface area (Å²) in [7, 11) is 1.87. The monoisotopic (exact) mass is 341 g/mol. The zero-order valence-corrected chi connectivity index (χ0v) is 13.1. The lowest BCUT2D eigenvalue weighted by molar-refractivity contribution is -0.274. The number of carbonyl (C=O) groups excluding carboxylic acids is 1. The van der Waals surface area contributed by atoms with Crippen molar-refractivity contribution in [2.75, 3.05) is 26.7 Å². The van der Waals surface area contributed by atoms with E-state index in [1.54, 1.807) is 11.0 Å². The lowest BCUT2D eigenvalue weighted by Gasteiger charge is -2.15. The number of hydrogen-bond acceptors (Lipinski definition) is 3. The third-order valence-corrected chi connectivity index (χ3v) is 4.15. The molecule has 1 saturated heterocycles. The van der Waals surface area contributed by atoms with E-state index in [9.17, 15) is 18.0 Å². The first-order valence-electron chi connectivity index (χ1n) is 7.69. The normalized spacial score (nSPS) is 18.3. The van der Waals surface area contributed by atoms with Crippen LogP contribution in [0.15, 0.2) is 24.3 Å². The van der Waals surface area contributed by atoms with Crippen molar-refractivity contribution < 1.29 is 22.7 Å². The van der Waals surface area contributed by atoms with Crippen molar-refractivity contribution in [3.8, 4) is 5.75 Å². The highest BCUT2D eigenvalue weighted by Crippen LogP contribution is 2.31. The maximum atomic E-state index is 12.6. The maximum absolute atomic E-state index is 12.6. The first kappa shape index (κ1) is 16.6. The summed E-state index contributed by atoms with van der Waals surface area (Å²) in [5.74, 6) is -0.125. The molecule has 0 saturated carbocycles. The molecule has 2 heterocycles. The Morgan fingerprint density at radius 2 is 2.25 bits per heavy atom. The fourth-order valence-corrected chi connectivity index (χ4v) is 3.10. The second-order valence-corrected chi connectivity index (χ2v) is 5.91. The van der Waals surface area contributed by atoms with Crippen LogP contribution in [0.2, 0.25) is 0 Å². The highest BCUT2D eigenvalue weighted by Gasteiger charge is 2.32. The van der Waals surface area contributed by atoms with Gasteiger partial charge in [-0.2, -0.15) is 0 Å². The summed E-state index contributed by atoms with van der Waals surface area (Å²) in [4.78, 5) is 17.2. The lowest BCUT2D eigenvalue weighted by atomic mass is 10.1. The Labute approximate surface area is 136 Å². The van der Waals surface area contributed by atoms with Crippen molar-refractivity contribution in [1.82, 2.24) is 15.2 Å². The molecule has 5 nitrogen and oxygen atoms in total. The van der Waals surface area contributed by atoms with Gasteiger partial charge in [-0.15, -0.1) is 13.2 Å². The second kappa shape index (κ2) is 6.35. The van der Waals surface area contributed by atoms with Crippen LogP contribution in [-0.4, -0.2) is 48.8 Å². The molecule has 1 unspecified atom stereocenters. The van der Waals surface area contributed by atoms with Crippen LogP contribution in [0.25, 0.3) is 10.9 Å². The van der Waals surface area contributed by atoms with Crippen LogP contribution in [0.4, 0.5) is 13.2 Å². The van der Waals surface area contributed by atoms with Crippen LogP contribution in [0, 0.1) is 5.92 Å². The van der Waals surface area contributed by atoms with Gasteiger partial charge in [-0.3, -0.25) is 4.79 Å². The number of halogens is 3. The summed E-state index contributed by atoms with van der Waals surface area (Å²) >= 11 is 0. The van der Waals surface area contributed by atoms with Crippen molar-refractivity contribution in [3.63, 3.8) is 0 Å². The molecule has 130 valence electrons. The SMILES string of the molecule is CNCC1CCN(C(=O)c2cc3c(OC(F)(F)F)cccc3[nH]2)C1. The van der Waals surface area contributed by atoms with Crippen LogP contribution in [0.1, 0.15) is 16.9 Å². The number of nitrogens with one attached hydrogen (secondary N) is 2. The highest BCUT2D eigenvalue weighted by molar-refractivity contribution is 5.99. The Kier molecular flexibility index (Phi) is 4.40. The molecule has 3 rings (SSSR count). The summed E-state index contributed by atoms with van der Waals surface area (Å²) in [6.07, 6.45) is -3.86. The Balaban J connectivity index is 1.83. The van der Waals surface area contributed by atoms with E-state index in [0.717, 1.165) is 13.0 Å². The number of amides is 1.